The maximum Gasteiger partial charge on any atom is 0.269 e. The van der Waals surface area contributed by atoms with Crippen LogP contribution in [0.25, 0.3) is 0 Å². The number of nitro groups is 1. The number of non-ortho nitro benzene ring substituents is 1. The molecule has 4 aliphatic rings. The Morgan fingerprint density at radius 2 is 1.69 bits per heavy atom. The smallest absolute Gasteiger partial charge is 0.269 e. The average Bonchev–Trinajstić information content (AvgIpc) is 3.37. The summed E-state index contributed by atoms with van der Waals surface area (Å²) in [7, 11) is 0. The fraction of sp³-hybridized carbons (Fsp3) is 0.360. The molecule has 29 heavy (non-hydrogen) atoms. The highest BCUT2D eigenvalue weighted by Gasteiger charge is 2.47. The summed E-state index contributed by atoms with van der Waals surface area (Å²) in [5, 5.41) is 11.1. The van der Waals surface area contributed by atoms with Gasteiger partial charge in [0.15, 0.2) is 0 Å². The van der Waals surface area contributed by atoms with E-state index in [-0.39, 0.29) is 16.7 Å². The summed E-state index contributed by atoms with van der Waals surface area (Å²) in [5.74, 6) is 2.08. The maximum absolute atomic E-state index is 11.1. The molecule has 146 valence electrons. The highest BCUT2D eigenvalue weighted by Crippen LogP contribution is 2.58. The largest absolute Gasteiger partial charge is 0.363 e. The molecule has 2 heterocycles. The van der Waals surface area contributed by atoms with Crippen molar-refractivity contribution in [2.45, 2.75) is 37.6 Å². The lowest BCUT2D eigenvalue weighted by Gasteiger charge is -2.51. The Balaban J connectivity index is 1.54. The number of benzene rings is 2. The van der Waals surface area contributed by atoms with Crippen molar-refractivity contribution in [3.63, 3.8) is 0 Å². The number of rotatable bonds is 2. The number of hydrogen-bond donors (Lipinski definition) is 0. The van der Waals surface area contributed by atoms with Crippen LogP contribution in [0.1, 0.15) is 53.0 Å². The quantitative estimate of drug-likeness (QED) is 0.374. The fourth-order valence-corrected chi connectivity index (χ4v) is 6.30. The molecule has 2 aromatic rings. The highest BCUT2D eigenvalue weighted by atomic mass is 16.6. The molecule has 0 unspecified atom stereocenters. The van der Waals surface area contributed by atoms with Crippen molar-refractivity contribution in [2.75, 3.05) is 11.4 Å². The molecule has 0 saturated heterocycles. The van der Waals surface area contributed by atoms with Crippen LogP contribution in [-0.4, -0.2) is 11.5 Å². The van der Waals surface area contributed by atoms with E-state index < -0.39 is 0 Å². The Bertz CT molecular complexity index is 1050. The zero-order valence-electron chi connectivity index (χ0n) is 16.5. The minimum absolute atomic E-state index is 0.168. The number of hydrogen-bond acceptors (Lipinski definition) is 3. The zero-order chi connectivity index (χ0) is 19.7. The Hall–Kier alpha value is -2.88. The summed E-state index contributed by atoms with van der Waals surface area (Å²) in [6.45, 7) is 3.28. The van der Waals surface area contributed by atoms with E-state index >= 15 is 0 Å². The van der Waals surface area contributed by atoms with E-state index in [2.05, 4.69) is 48.3 Å². The number of nitro benzene ring substituents is 1. The number of allylic oxidation sites excluding steroid dienone is 4. The minimum atomic E-state index is -0.309. The van der Waals surface area contributed by atoms with Crippen molar-refractivity contribution in [1.82, 2.24) is 0 Å². The molecule has 0 bridgehead atoms. The van der Waals surface area contributed by atoms with Gasteiger partial charge in [0.1, 0.15) is 0 Å². The van der Waals surface area contributed by atoms with Crippen LogP contribution in [0.3, 0.4) is 0 Å². The molecule has 4 nitrogen and oxygen atoms in total. The third kappa shape index (κ3) is 2.38. The van der Waals surface area contributed by atoms with Gasteiger partial charge in [0.2, 0.25) is 0 Å². The second-order valence-corrected chi connectivity index (χ2v) is 9.04. The highest BCUT2D eigenvalue weighted by molar-refractivity contribution is 5.70. The van der Waals surface area contributed by atoms with E-state index in [0.717, 1.165) is 19.4 Å². The van der Waals surface area contributed by atoms with Crippen LogP contribution in [0.5, 0.6) is 0 Å². The molecular formula is C25H24N2O2. The van der Waals surface area contributed by atoms with Gasteiger partial charge in [0.05, 0.1) is 11.0 Å². The third-order valence-corrected chi connectivity index (χ3v) is 7.44. The first-order chi connectivity index (χ1) is 14.1. The SMILES string of the molecule is Cc1cc2c3c(c1)[C@@H]1C=CC[C@@H]1[C@@H](c1ccc([N+](=O)[O-])cc1)N3C[C@@H]1CC=C[C@@H]21. The van der Waals surface area contributed by atoms with E-state index in [0.29, 0.717) is 23.7 Å². The molecular weight excluding hydrogens is 360 g/mol. The molecule has 0 spiro atoms. The summed E-state index contributed by atoms with van der Waals surface area (Å²) in [6, 6.07) is 12.4. The van der Waals surface area contributed by atoms with Crippen molar-refractivity contribution in [2.24, 2.45) is 11.8 Å². The van der Waals surface area contributed by atoms with Crippen LogP contribution in [0, 0.1) is 28.9 Å². The first-order valence-corrected chi connectivity index (χ1v) is 10.6. The number of fused-ring (bicyclic) bond motifs is 4. The predicted molar refractivity (Wildman–Crippen MR) is 114 cm³/mol. The lowest BCUT2D eigenvalue weighted by Crippen LogP contribution is -2.46. The van der Waals surface area contributed by atoms with Gasteiger partial charge >= 0.3 is 0 Å². The molecule has 6 rings (SSSR count). The van der Waals surface area contributed by atoms with Gasteiger partial charge in [-0.25, -0.2) is 0 Å². The van der Waals surface area contributed by atoms with Crippen molar-refractivity contribution < 1.29 is 4.92 Å². The number of aryl methyl sites for hydroxylation is 1. The maximum atomic E-state index is 11.1. The van der Waals surface area contributed by atoms with Gasteiger partial charge in [0, 0.05) is 36.2 Å². The summed E-state index contributed by atoms with van der Waals surface area (Å²) in [4.78, 5) is 13.5. The standard InChI is InChI=1S/C25H24N2O2/c1-15-12-22-19-5-2-4-17(19)14-26-24(16-8-10-18(11-9-16)27(28)29)21-7-3-6-20(21)23(13-15)25(22)26/h2-3,5-6,8-13,17,19-21,24H,4,7,14H2,1H3/t17-,19+,20+,21-,24+/m0/s1. The molecule has 2 aliphatic heterocycles. The van der Waals surface area contributed by atoms with Gasteiger partial charge < -0.3 is 4.90 Å². The third-order valence-electron chi connectivity index (χ3n) is 7.44. The first-order valence-electron chi connectivity index (χ1n) is 10.6. The second kappa shape index (κ2) is 6.06. The zero-order valence-corrected chi connectivity index (χ0v) is 16.5. The Labute approximate surface area is 170 Å². The fourth-order valence-electron chi connectivity index (χ4n) is 6.30. The van der Waals surface area contributed by atoms with E-state index in [1.165, 1.54) is 27.9 Å². The minimum Gasteiger partial charge on any atom is -0.363 e. The van der Waals surface area contributed by atoms with E-state index in [9.17, 15) is 10.1 Å². The van der Waals surface area contributed by atoms with Gasteiger partial charge in [-0.3, -0.25) is 10.1 Å². The molecule has 0 fully saturated rings. The first kappa shape index (κ1) is 17.0. The Morgan fingerprint density at radius 3 is 2.45 bits per heavy atom. The molecule has 2 aromatic carbocycles. The van der Waals surface area contributed by atoms with Gasteiger partial charge in [-0.1, -0.05) is 54.1 Å². The van der Waals surface area contributed by atoms with Crippen molar-refractivity contribution >= 4 is 11.4 Å². The topological polar surface area (TPSA) is 46.4 Å². The van der Waals surface area contributed by atoms with Crippen LogP contribution in [0.15, 0.2) is 60.7 Å². The Kier molecular flexibility index (Phi) is 3.55. The van der Waals surface area contributed by atoms with Gasteiger partial charge in [-0.05, 0) is 48.3 Å². The van der Waals surface area contributed by atoms with Gasteiger partial charge in [0.25, 0.3) is 5.69 Å². The second-order valence-electron chi connectivity index (χ2n) is 9.04. The van der Waals surface area contributed by atoms with Gasteiger partial charge in [-0.15, -0.1) is 0 Å². The van der Waals surface area contributed by atoms with Crippen LogP contribution in [-0.2, 0) is 0 Å². The monoisotopic (exact) mass is 384 g/mol. The molecule has 4 heteroatoms. The summed E-state index contributed by atoms with van der Waals surface area (Å²) < 4.78 is 0. The van der Waals surface area contributed by atoms with Crippen LogP contribution >= 0.6 is 0 Å². The molecule has 0 amide bonds. The number of anilines is 1. The lowest BCUT2D eigenvalue weighted by molar-refractivity contribution is -0.384. The summed E-state index contributed by atoms with van der Waals surface area (Å²) in [5.41, 5.74) is 7.12. The van der Waals surface area contributed by atoms with E-state index in [4.69, 9.17) is 0 Å². The molecule has 2 aliphatic carbocycles. The molecule has 5 atom stereocenters. The normalized spacial score (nSPS) is 30.8. The van der Waals surface area contributed by atoms with E-state index in [1.807, 2.05) is 12.1 Å². The lowest BCUT2D eigenvalue weighted by atomic mass is 9.70. The van der Waals surface area contributed by atoms with Crippen molar-refractivity contribution in [3.05, 3.63) is 93.1 Å². The van der Waals surface area contributed by atoms with Crippen LogP contribution in [0.2, 0.25) is 0 Å². The summed E-state index contributed by atoms with van der Waals surface area (Å²) >= 11 is 0. The van der Waals surface area contributed by atoms with Gasteiger partial charge in [-0.2, -0.15) is 0 Å². The molecule has 0 aromatic heterocycles. The summed E-state index contributed by atoms with van der Waals surface area (Å²) in [6.07, 6.45) is 11.7. The van der Waals surface area contributed by atoms with Crippen molar-refractivity contribution in [3.8, 4) is 0 Å². The molecule has 0 saturated carbocycles. The van der Waals surface area contributed by atoms with E-state index in [1.54, 1.807) is 12.1 Å². The Morgan fingerprint density at radius 1 is 1.00 bits per heavy atom. The molecule has 0 radical (unpaired) electrons. The average molecular weight is 384 g/mol. The predicted octanol–water partition coefficient (Wildman–Crippen LogP) is 5.80. The van der Waals surface area contributed by atoms with Crippen LogP contribution in [0.4, 0.5) is 11.4 Å². The van der Waals surface area contributed by atoms with Crippen LogP contribution < -0.4 is 4.90 Å². The molecule has 0 N–H and O–H groups in total. The number of nitrogens with zero attached hydrogens (tertiary/aromatic N) is 2. The van der Waals surface area contributed by atoms with Crippen molar-refractivity contribution in [1.29, 1.82) is 0 Å².